The lowest BCUT2D eigenvalue weighted by molar-refractivity contribution is 0.497. The van der Waals surface area contributed by atoms with E-state index in [-0.39, 0.29) is 6.04 Å². The van der Waals surface area contributed by atoms with Crippen molar-refractivity contribution in [2.24, 2.45) is 0 Å². The maximum Gasteiger partial charge on any atom is 0.131 e. The van der Waals surface area contributed by atoms with Gasteiger partial charge in [0.1, 0.15) is 23.7 Å². The first kappa shape index (κ1) is 13.4. The van der Waals surface area contributed by atoms with Crippen LogP contribution in [0.5, 0.6) is 0 Å². The van der Waals surface area contributed by atoms with Gasteiger partial charge in [0.2, 0.25) is 0 Å². The van der Waals surface area contributed by atoms with E-state index < -0.39 is 0 Å². The van der Waals surface area contributed by atoms with Gasteiger partial charge in [0.05, 0.1) is 6.26 Å². The van der Waals surface area contributed by atoms with Crippen LogP contribution in [0.3, 0.4) is 0 Å². The van der Waals surface area contributed by atoms with Crippen molar-refractivity contribution in [3.63, 3.8) is 0 Å². The number of hydrogen-bond donors (Lipinski definition) is 2. The van der Waals surface area contributed by atoms with Gasteiger partial charge < -0.3 is 15.1 Å². The van der Waals surface area contributed by atoms with Gasteiger partial charge in [-0.2, -0.15) is 0 Å². The monoisotopic (exact) mass is 260 g/mol. The Morgan fingerprint density at radius 1 is 1.32 bits per heavy atom. The number of aromatic nitrogens is 2. The second-order valence-electron chi connectivity index (χ2n) is 4.54. The smallest absolute Gasteiger partial charge is 0.131 e. The summed E-state index contributed by atoms with van der Waals surface area (Å²) in [5.41, 5.74) is 0. The molecule has 0 spiro atoms. The molecule has 5 nitrogen and oxygen atoms in total. The van der Waals surface area contributed by atoms with Crippen molar-refractivity contribution in [3.05, 3.63) is 36.5 Å². The van der Waals surface area contributed by atoms with Crippen molar-refractivity contribution in [3.8, 4) is 0 Å². The minimum atomic E-state index is 0.250. The van der Waals surface area contributed by atoms with E-state index >= 15 is 0 Å². The zero-order chi connectivity index (χ0) is 13.5. The van der Waals surface area contributed by atoms with Crippen molar-refractivity contribution < 1.29 is 4.42 Å². The molecule has 0 aliphatic heterocycles. The molecule has 0 fully saturated rings. The van der Waals surface area contributed by atoms with Crippen molar-refractivity contribution in [2.45, 2.75) is 32.7 Å². The van der Waals surface area contributed by atoms with Gasteiger partial charge in [0.15, 0.2) is 0 Å². The standard InChI is InChI=1S/C14H20N4O/c1-3-6-15-13-9-14(17-10-16-13)18-11(2)8-12-5-4-7-19-12/h4-5,7,9-11H,3,6,8H2,1-2H3,(H2,15,16,17,18). The lowest BCUT2D eigenvalue weighted by atomic mass is 10.2. The highest BCUT2D eigenvalue weighted by Crippen LogP contribution is 2.12. The van der Waals surface area contributed by atoms with Crippen LogP contribution >= 0.6 is 0 Å². The fourth-order valence-electron chi connectivity index (χ4n) is 1.82. The molecular weight excluding hydrogens is 240 g/mol. The summed E-state index contributed by atoms with van der Waals surface area (Å²) < 4.78 is 5.33. The van der Waals surface area contributed by atoms with Gasteiger partial charge in [-0.3, -0.25) is 0 Å². The Bertz CT molecular complexity index is 484. The van der Waals surface area contributed by atoms with Crippen LogP contribution in [0.25, 0.3) is 0 Å². The number of nitrogens with one attached hydrogen (secondary N) is 2. The topological polar surface area (TPSA) is 63.0 Å². The fourth-order valence-corrected chi connectivity index (χ4v) is 1.82. The Morgan fingerprint density at radius 3 is 2.89 bits per heavy atom. The molecule has 0 amide bonds. The van der Waals surface area contributed by atoms with Crippen LogP contribution in [-0.2, 0) is 6.42 Å². The lowest BCUT2D eigenvalue weighted by Gasteiger charge is -2.13. The highest BCUT2D eigenvalue weighted by atomic mass is 16.3. The molecule has 19 heavy (non-hydrogen) atoms. The third kappa shape index (κ3) is 4.28. The van der Waals surface area contributed by atoms with Crippen LogP contribution in [0.1, 0.15) is 26.0 Å². The molecule has 2 aromatic heterocycles. The minimum absolute atomic E-state index is 0.250. The maximum atomic E-state index is 5.33. The molecule has 0 radical (unpaired) electrons. The van der Waals surface area contributed by atoms with Crippen LogP contribution in [0.15, 0.2) is 35.2 Å². The SMILES string of the molecule is CCCNc1cc(NC(C)Cc2ccco2)ncn1. The highest BCUT2D eigenvalue weighted by Gasteiger charge is 2.07. The third-order valence-corrected chi connectivity index (χ3v) is 2.70. The van der Waals surface area contributed by atoms with E-state index in [4.69, 9.17) is 4.42 Å². The number of anilines is 2. The zero-order valence-corrected chi connectivity index (χ0v) is 11.4. The van der Waals surface area contributed by atoms with Crippen molar-refractivity contribution >= 4 is 11.6 Å². The predicted octanol–water partition coefficient (Wildman–Crippen LogP) is 2.93. The zero-order valence-electron chi connectivity index (χ0n) is 11.4. The van der Waals surface area contributed by atoms with Gasteiger partial charge in [0.25, 0.3) is 0 Å². The van der Waals surface area contributed by atoms with Crippen molar-refractivity contribution in [2.75, 3.05) is 17.2 Å². The van der Waals surface area contributed by atoms with Crippen LogP contribution in [0, 0.1) is 0 Å². The Balaban J connectivity index is 1.90. The van der Waals surface area contributed by atoms with Crippen LogP contribution in [0.2, 0.25) is 0 Å². The molecule has 1 atom stereocenters. The number of rotatable bonds is 7. The van der Waals surface area contributed by atoms with E-state index in [0.717, 1.165) is 36.8 Å². The predicted molar refractivity (Wildman–Crippen MR) is 76.3 cm³/mol. The maximum absolute atomic E-state index is 5.33. The van der Waals surface area contributed by atoms with E-state index in [9.17, 15) is 0 Å². The van der Waals surface area contributed by atoms with Gasteiger partial charge in [-0.25, -0.2) is 9.97 Å². The van der Waals surface area contributed by atoms with Crippen LogP contribution < -0.4 is 10.6 Å². The molecule has 2 heterocycles. The summed E-state index contributed by atoms with van der Waals surface area (Å²) in [5, 5.41) is 6.59. The molecule has 0 bridgehead atoms. The quantitative estimate of drug-likeness (QED) is 0.801. The molecule has 0 aliphatic rings. The van der Waals surface area contributed by atoms with Crippen molar-refractivity contribution in [1.82, 2.24) is 9.97 Å². The number of furan rings is 1. The van der Waals surface area contributed by atoms with E-state index in [0.29, 0.717) is 0 Å². The molecule has 1 unspecified atom stereocenters. The Kier molecular flexibility index (Phi) is 4.78. The van der Waals surface area contributed by atoms with E-state index in [1.165, 1.54) is 0 Å². The third-order valence-electron chi connectivity index (χ3n) is 2.70. The molecule has 2 rings (SSSR count). The second-order valence-corrected chi connectivity index (χ2v) is 4.54. The Hall–Kier alpha value is -2.04. The van der Waals surface area contributed by atoms with Crippen molar-refractivity contribution in [1.29, 1.82) is 0 Å². The van der Waals surface area contributed by atoms with Gasteiger partial charge in [-0.05, 0) is 25.5 Å². The van der Waals surface area contributed by atoms with E-state index in [1.807, 2.05) is 18.2 Å². The number of hydrogen-bond acceptors (Lipinski definition) is 5. The lowest BCUT2D eigenvalue weighted by Crippen LogP contribution is -2.18. The molecular formula is C14H20N4O. The van der Waals surface area contributed by atoms with Gasteiger partial charge in [-0.1, -0.05) is 6.92 Å². The summed E-state index contributed by atoms with van der Waals surface area (Å²) >= 11 is 0. The molecule has 102 valence electrons. The average Bonchev–Trinajstić information content (AvgIpc) is 2.89. The molecule has 5 heteroatoms. The summed E-state index contributed by atoms with van der Waals surface area (Å²) in [4.78, 5) is 8.40. The Labute approximate surface area is 113 Å². The molecule has 0 aromatic carbocycles. The van der Waals surface area contributed by atoms with Gasteiger partial charge in [-0.15, -0.1) is 0 Å². The average molecular weight is 260 g/mol. The molecule has 0 saturated carbocycles. The molecule has 0 aliphatic carbocycles. The first-order valence-electron chi connectivity index (χ1n) is 6.62. The minimum Gasteiger partial charge on any atom is -0.469 e. The summed E-state index contributed by atoms with van der Waals surface area (Å²) in [5.74, 6) is 2.65. The highest BCUT2D eigenvalue weighted by molar-refractivity contribution is 5.46. The van der Waals surface area contributed by atoms with Gasteiger partial charge in [0, 0.05) is 25.1 Å². The summed E-state index contributed by atoms with van der Waals surface area (Å²) in [6.45, 7) is 5.14. The van der Waals surface area contributed by atoms with Crippen LogP contribution in [-0.4, -0.2) is 22.6 Å². The molecule has 0 saturated heterocycles. The summed E-state index contributed by atoms with van der Waals surface area (Å²) in [6.07, 6.45) is 5.16. The summed E-state index contributed by atoms with van der Waals surface area (Å²) in [6, 6.07) is 6.06. The first-order valence-corrected chi connectivity index (χ1v) is 6.62. The number of nitrogens with zero attached hydrogens (tertiary/aromatic N) is 2. The van der Waals surface area contributed by atoms with Crippen LogP contribution in [0.4, 0.5) is 11.6 Å². The second kappa shape index (κ2) is 6.78. The largest absolute Gasteiger partial charge is 0.469 e. The van der Waals surface area contributed by atoms with E-state index in [2.05, 4.69) is 34.4 Å². The van der Waals surface area contributed by atoms with Gasteiger partial charge >= 0.3 is 0 Å². The first-order chi connectivity index (χ1) is 9.28. The summed E-state index contributed by atoms with van der Waals surface area (Å²) in [7, 11) is 0. The fraction of sp³-hybridized carbons (Fsp3) is 0.429. The normalized spacial score (nSPS) is 12.1. The Morgan fingerprint density at radius 2 is 2.16 bits per heavy atom. The van der Waals surface area contributed by atoms with E-state index in [1.54, 1.807) is 12.6 Å². The molecule has 2 aromatic rings. The molecule has 2 N–H and O–H groups in total.